The average molecular weight is 276 g/mol. The molecule has 2 rings (SSSR count). The van der Waals surface area contributed by atoms with Gasteiger partial charge in [-0.3, -0.25) is 9.69 Å². The molecule has 0 aliphatic carbocycles. The van der Waals surface area contributed by atoms with Crippen molar-refractivity contribution in [1.82, 2.24) is 9.80 Å². The van der Waals surface area contributed by atoms with Crippen molar-refractivity contribution in [2.24, 2.45) is 0 Å². The molecule has 1 aliphatic rings. The summed E-state index contributed by atoms with van der Waals surface area (Å²) in [5.74, 6) is 0.209. The molecule has 0 spiro atoms. The van der Waals surface area contributed by atoms with E-state index in [0.29, 0.717) is 13.0 Å². The number of aryl methyl sites for hydroxylation is 2. The molecule has 4 nitrogen and oxygen atoms in total. The fourth-order valence-electron chi connectivity index (χ4n) is 2.68. The number of carbonyl (C=O) groups is 1. The van der Waals surface area contributed by atoms with Crippen LogP contribution in [0.3, 0.4) is 0 Å². The van der Waals surface area contributed by atoms with Crippen LogP contribution in [0.15, 0.2) is 18.2 Å². The Hall–Kier alpha value is -1.39. The lowest BCUT2D eigenvalue weighted by Gasteiger charge is -2.34. The van der Waals surface area contributed by atoms with Crippen molar-refractivity contribution < 1.29 is 9.90 Å². The van der Waals surface area contributed by atoms with Crippen LogP contribution in [0.4, 0.5) is 0 Å². The van der Waals surface area contributed by atoms with Crippen LogP contribution in [0.1, 0.15) is 16.7 Å². The molecule has 20 heavy (non-hydrogen) atoms. The van der Waals surface area contributed by atoms with Crippen molar-refractivity contribution in [3.8, 4) is 0 Å². The number of hydrogen-bond acceptors (Lipinski definition) is 3. The Labute approximate surface area is 121 Å². The van der Waals surface area contributed by atoms with E-state index in [-0.39, 0.29) is 12.5 Å². The molecule has 4 heteroatoms. The lowest BCUT2D eigenvalue weighted by Crippen LogP contribution is -2.49. The zero-order valence-electron chi connectivity index (χ0n) is 12.4. The first-order valence-corrected chi connectivity index (χ1v) is 7.27. The molecule has 1 amide bonds. The first kappa shape index (κ1) is 15.0. The van der Waals surface area contributed by atoms with Crippen LogP contribution in [0.25, 0.3) is 0 Å². The van der Waals surface area contributed by atoms with Gasteiger partial charge in [0.2, 0.25) is 5.91 Å². The number of benzene rings is 1. The minimum Gasteiger partial charge on any atom is -0.395 e. The molecule has 0 bridgehead atoms. The molecule has 1 N–H and O–H groups in total. The molecule has 1 aromatic carbocycles. The van der Waals surface area contributed by atoms with Crippen molar-refractivity contribution in [2.75, 3.05) is 39.3 Å². The number of carbonyl (C=O) groups excluding carboxylic acids is 1. The zero-order chi connectivity index (χ0) is 14.5. The average Bonchev–Trinajstić information content (AvgIpc) is 2.43. The van der Waals surface area contributed by atoms with E-state index in [1.54, 1.807) is 0 Å². The zero-order valence-corrected chi connectivity index (χ0v) is 12.4. The molecule has 0 aromatic heterocycles. The van der Waals surface area contributed by atoms with E-state index < -0.39 is 0 Å². The minimum absolute atomic E-state index is 0.191. The second-order valence-corrected chi connectivity index (χ2v) is 5.55. The third-order valence-corrected chi connectivity index (χ3v) is 3.98. The van der Waals surface area contributed by atoms with Crippen molar-refractivity contribution >= 4 is 5.91 Å². The summed E-state index contributed by atoms with van der Waals surface area (Å²) in [6, 6.07) is 6.25. The second-order valence-electron chi connectivity index (χ2n) is 5.55. The van der Waals surface area contributed by atoms with Gasteiger partial charge in [-0.05, 0) is 25.0 Å². The summed E-state index contributed by atoms with van der Waals surface area (Å²) in [4.78, 5) is 16.5. The smallest absolute Gasteiger partial charge is 0.227 e. The molecule has 1 heterocycles. The van der Waals surface area contributed by atoms with E-state index in [2.05, 4.69) is 36.9 Å². The molecule has 110 valence electrons. The number of β-amino-alcohol motifs (C(OH)–C–C–N with tert-alkyl or cyclic N) is 1. The molecule has 1 saturated heterocycles. The molecular formula is C16H24N2O2. The lowest BCUT2D eigenvalue weighted by molar-refractivity contribution is -0.132. The monoisotopic (exact) mass is 276 g/mol. The molecule has 0 radical (unpaired) electrons. The summed E-state index contributed by atoms with van der Waals surface area (Å²) in [6.45, 7) is 8.29. The summed E-state index contributed by atoms with van der Waals surface area (Å²) in [5, 5.41) is 8.92. The Kier molecular flexibility index (Phi) is 5.15. The maximum atomic E-state index is 12.3. The highest BCUT2D eigenvalue weighted by molar-refractivity contribution is 5.79. The highest BCUT2D eigenvalue weighted by Crippen LogP contribution is 2.13. The first-order valence-electron chi connectivity index (χ1n) is 7.27. The largest absolute Gasteiger partial charge is 0.395 e. The summed E-state index contributed by atoms with van der Waals surface area (Å²) < 4.78 is 0. The predicted molar refractivity (Wildman–Crippen MR) is 79.7 cm³/mol. The molecule has 0 unspecified atom stereocenters. The summed E-state index contributed by atoms with van der Waals surface area (Å²) in [5.41, 5.74) is 3.55. The molecule has 1 fully saturated rings. The van der Waals surface area contributed by atoms with Gasteiger partial charge < -0.3 is 10.0 Å². The quantitative estimate of drug-likeness (QED) is 0.891. The molecule has 0 saturated carbocycles. The normalized spacial score (nSPS) is 16.4. The van der Waals surface area contributed by atoms with E-state index in [4.69, 9.17) is 5.11 Å². The van der Waals surface area contributed by atoms with Gasteiger partial charge in [0.15, 0.2) is 0 Å². The van der Waals surface area contributed by atoms with Crippen LogP contribution >= 0.6 is 0 Å². The van der Waals surface area contributed by atoms with E-state index >= 15 is 0 Å². The van der Waals surface area contributed by atoms with Crippen molar-refractivity contribution in [3.63, 3.8) is 0 Å². The van der Waals surface area contributed by atoms with Crippen LogP contribution in [0.2, 0.25) is 0 Å². The van der Waals surface area contributed by atoms with Crippen LogP contribution in [-0.2, 0) is 11.2 Å². The first-order chi connectivity index (χ1) is 9.60. The van der Waals surface area contributed by atoms with Crippen molar-refractivity contribution in [1.29, 1.82) is 0 Å². The van der Waals surface area contributed by atoms with Gasteiger partial charge in [-0.2, -0.15) is 0 Å². The highest BCUT2D eigenvalue weighted by atomic mass is 16.3. The highest BCUT2D eigenvalue weighted by Gasteiger charge is 2.21. The van der Waals surface area contributed by atoms with Gasteiger partial charge in [0, 0.05) is 32.7 Å². The van der Waals surface area contributed by atoms with Crippen LogP contribution in [-0.4, -0.2) is 60.1 Å². The Morgan fingerprint density at radius 1 is 1.20 bits per heavy atom. The Balaban J connectivity index is 1.89. The Morgan fingerprint density at radius 3 is 2.50 bits per heavy atom. The van der Waals surface area contributed by atoms with Gasteiger partial charge in [0.1, 0.15) is 0 Å². The van der Waals surface area contributed by atoms with Gasteiger partial charge in [0.05, 0.1) is 13.0 Å². The van der Waals surface area contributed by atoms with E-state index in [1.807, 2.05) is 4.90 Å². The fourth-order valence-corrected chi connectivity index (χ4v) is 2.68. The standard InChI is InChI=1S/C16H24N2O2/c1-13-3-4-15(14(2)11-13)12-16(20)18-7-5-17(6-8-18)9-10-19/h3-4,11,19H,5-10,12H2,1-2H3. The number of hydrogen-bond donors (Lipinski definition) is 1. The third-order valence-electron chi connectivity index (χ3n) is 3.98. The Morgan fingerprint density at radius 2 is 1.90 bits per heavy atom. The van der Waals surface area contributed by atoms with Crippen molar-refractivity contribution in [2.45, 2.75) is 20.3 Å². The van der Waals surface area contributed by atoms with Gasteiger partial charge in [-0.1, -0.05) is 23.8 Å². The maximum absolute atomic E-state index is 12.3. The number of rotatable bonds is 4. The number of amides is 1. The van der Waals surface area contributed by atoms with E-state index in [1.165, 1.54) is 11.1 Å². The molecule has 1 aromatic rings. The summed E-state index contributed by atoms with van der Waals surface area (Å²) in [7, 11) is 0. The van der Waals surface area contributed by atoms with Gasteiger partial charge >= 0.3 is 0 Å². The lowest BCUT2D eigenvalue weighted by atomic mass is 10.0. The van der Waals surface area contributed by atoms with Crippen molar-refractivity contribution in [3.05, 3.63) is 34.9 Å². The van der Waals surface area contributed by atoms with E-state index in [9.17, 15) is 4.79 Å². The summed E-state index contributed by atoms with van der Waals surface area (Å²) in [6.07, 6.45) is 0.492. The third kappa shape index (κ3) is 3.81. The number of aliphatic hydroxyl groups is 1. The number of nitrogens with zero attached hydrogens (tertiary/aromatic N) is 2. The molecule has 0 atom stereocenters. The summed E-state index contributed by atoms with van der Waals surface area (Å²) >= 11 is 0. The second kappa shape index (κ2) is 6.86. The van der Waals surface area contributed by atoms with Gasteiger partial charge in [-0.15, -0.1) is 0 Å². The number of piperazine rings is 1. The van der Waals surface area contributed by atoms with Gasteiger partial charge in [-0.25, -0.2) is 0 Å². The molecular weight excluding hydrogens is 252 g/mol. The Bertz CT molecular complexity index is 466. The number of aliphatic hydroxyl groups excluding tert-OH is 1. The minimum atomic E-state index is 0.191. The SMILES string of the molecule is Cc1ccc(CC(=O)N2CCN(CCO)CC2)c(C)c1. The van der Waals surface area contributed by atoms with Crippen LogP contribution in [0, 0.1) is 13.8 Å². The predicted octanol–water partition coefficient (Wildman–Crippen LogP) is 0.982. The van der Waals surface area contributed by atoms with Crippen LogP contribution < -0.4 is 0 Å². The van der Waals surface area contributed by atoms with Crippen LogP contribution in [0.5, 0.6) is 0 Å². The molecule has 1 aliphatic heterocycles. The fraction of sp³-hybridized carbons (Fsp3) is 0.562. The maximum Gasteiger partial charge on any atom is 0.227 e. The van der Waals surface area contributed by atoms with E-state index in [0.717, 1.165) is 31.7 Å². The van der Waals surface area contributed by atoms with Gasteiger partial charge in [0.25, 0.3) is 0 Å². The topological polar surface area (TPSA) is 43.8 Å².